The molecule has 100 valence electrons. The molecular formula is C16H25NO. The van der Waals surface area contributed by atoms with Crippen molar-refractivity contribution in [1.82, 2.24) is 4.90 Å². The van der Waals surface area contributed by atoms with Crippen LogP contribution in [0.3, 0.4) is 0 Å². The van der Waals surface area contributed by atoms with Crippen LogP contribution in [0, 0.1) is 20.8 Å². The lowest BCUT2D eigenvalue weighted by atomic mass is 9.89. The molecule has 1 aromatic carbocycles. The van der Waals surface area contributed by atoms with Gasteiger partial charge in [0.25, 0.3) is 0 Å². The number of likely N-dealkylation sites (N-methyl/N-ethyl adjacent to an activating group) is 1. The van der Waals surface area contributed by atoms with Crippen molar-refractivity contribution in [1.29, 1.82) is 0 Å². The van der Waals surface area contributed by atoms with Crippen LogP contribution >= 0.6 is 0 Å². The summed E-state index contributed by atoms with van der Waals surface area (Å²) in [6.45, 7) is 13.9. The van der Waals surface area contributed by atoms with Crippen molar-refractivity contribution in [2.75, 3.05) is 13.1 Å². The van der Waals surface area contributed by atoms with Crippen molar-refractivity contribution >= 4 is 5.91 Å². The zero-order valence-electron chi connectivity index (χ0n) is 12.5. The van der Waals surface area contributed by atoms with Gasteiger partial charge in [0.2, 0.25) is 5.91 Å². The van der Waals surface area contributed by atoms with Gasteiger partial charge in [-0.2, -0.15) is 0 Å². The van der Waals surface area contributed by atoms with Crippen LogP contribution < -0.4 is 0 Å². The van der Waals surface area contributed by atoms with Crippen molar-refractivity contribution in [3.63, 3.8) is 0 Å². The largest absolute Gasteiger partial charge is 0.343 e. The van der Waals surface area contributed by atoms with Crippen LogP contribution in [-0.2, 0) is 4.79 Å². The van der Waals surface area contributed by atoms with Gasteiger partial charge in [-0.1, -0.05) is 17.7 Å². The number of carbonyl (C=O) groups excluding carboxylic acids is 1. The van der Waals surface area contributed by atoms with Gasteiger partial charge in [-0.05, 0) is 58.2 Å². The summed E-state index contributed by atoms with van der Waals surface area (Å²) in [4.78, 5) is 14.3. The Balaban J connectivity index is 3.11. The van der Waals surface area contributed by atoms with Gasteiger partial charge in [-0.25, -0.2) is 0 Å². The van der Waals surface area contributed by atoms with Crippen LogP contribution in [0.2, 0.25) is 0 Å². The molecule has 2 nitrogen and oxygen atoms in total. The highest BCUT2D eigenvalue weighted by Gasteiger charge is 2.22. The summed E-state index contributed by atoms with van der Waals surface area (Å²) >= 11 is 0. The first-order valence-corrected chi connectivity index (χ1v) is 6.78. The molecule has 1 atom stereocenters. The molecule has 0 bridgehead atoms. The Morgan fingerprint density at radius 1 is 1.11 bits per heavy atom. The first-order chi connectivity index (χ1) is 8.42. The molecule has 0 aliphatic heterocycles. The molecule has 0 fully saturated rings. The van der Waals surface area contributed by atoms with E-state index in [4.69, 9.17) is 0 Å². The van der Waals surface area contributed by atoms with E-state index in [0.29, 0.717) is 0 Å². The Kier molecular flexibility index (Phi) is 4.94. The average molecular weight is 247 g/mol. The summed E-state index contributed by atoms with van der Waals surface area (Å²) in [5.74, 6) is 0.181. The lowest BCUT2D eigenvalue weighted by Crippen LogP contribution is -2.34. The van der Waals surface area contributed by atoms with Gasteiger partial charge in [0.15, 0.2) is 0 Å². The highest BCUT2D eigenvalue weighted by molar-refractivity contribution is 5.84. The smallest absolute Gasteiger partial charge is 0.229 e. The fourth-order valence-corrected chi connectivity index (χ4v) is 2.81. The fraction of sp³-hybridized carbons (Fsp3) is 0.562. The molecule has 0 N–H and O–H groups in total. The van der Waals surface area contributed by atoms with E-state index in [0.717, 1.165) is 13.1 Å². The maximum absolute atomic E-state index is 12.4. The molecule has 2 heteroatoms. The number of aryl methyl sites for hydroxylation is 3. The van der Waals surface area contributed by atoms with Crippen LogP contribution in [0.15, 0.2) is 12.1 Å². The molecule has 0 aliphatic rings. The summed E-state index contributed by atoms with van der Waals surface area (Å²) in [7, 11) is 0. The van der Waals surface area contributed by atoms with Gasteiger partial charge in [0.1, 0.15) is 0 Å². The first-order valence-electron chi connectivity index (χ1n) is 6.78. The highest BCUT2D eigenvalue weighted by atomic mass is 16.2. The van der Waals surface area contributed by atoms with E-state index in [-0.39, 0.29) is 11.8 Å². The molecule has 0 saturated carbocycles. The highest BCUT2D eigenvalue weighted by Crippen LogP contribution is 2.26. The van der Waals surface area contributed by atoms with E-state index in [1.165, 1.54) is 22.3 Å². The van der Waals surface area contributed by atoms with Gasteiger partial charge < -0.3 is 4.90 Å². The topological polar surface area (TPSA) is 20.3 Å². The normalized spacial score (nSPS) is 12.3. The van der Waals surface area contributed by atoms with Crippen LogP contribution in [0.1, 0.15) is 48.9 Å². The summed E-state index contributed by atoms with van der Waals surface area (Å²) < 4.78 is 0. The van der Waals surface area contributed by atoms with Crippen molar-refractivity contribution < 1.29 is 4.79 Å². The standard InChI is InChI=1S/C16H25NO/c1-7-17(8-2)16(18)14(6)15-12(4)9-11(3)10-13(15)5/h9-10,14H,7-8H2,1-6H3. The van der Waals surface area contributed by atoms with Gasteiger partial charge in [-0.3, -0.25) is 4.79 Å². The van der Waals surface area contributed by atoms with Crippen LogP contribution in [-0.4, -0.2) is 23.9 Å². The third-order valence-electron chi connectivity index (χ3n) is 3.62. The third-order valence-corrected chi connectivity index (χ3v) is 3.62. The van der Waals surface area contributed by atoms with Crippen molar-refractivity contribution in [2.24, 2.45) is 0 Å². The number of nitrogens with zero attached hydrogens (tertiary/aromatic N) is 1. The van der Waals surface area contributed by atoms with E-state index in [1.807, 2.05) is 25.7 Å². The second-order valence-electron chi connectivity index (χ2n) is 5.04. The number of hydrogen-bond acceptors (Lipinski definition) is 1. The minimum absolute atomic E-state index is 0.0505. The van der Waals surface area contributed by atoms with Gasteiger partial charge in [0, 0.05) is 13.1 Å². The Morgan fingerprint density at radius 3 is 1.94 bits per heavy atom. The van der Waals surface area contributed by atoms with E-state index in [2.05, 4.69) is 32.9 Å². The van der Waals surface area contributed by atoms with E-state index < -0.39 is 0 Å². The Hall–Kier alpha value is -1.31. The average Bonchev–Trinajstić information content (AvgIpc) is 2.28. The second kappa shape index (κ2) is 6.03. The number of amides is 1. The van der Waals surface area contributed by atoms with Gasteiger partial charge in [-0.15, -0.1) is 0 Å². The van der Waals surface area contributed by atoms with Crippen LogP contribution in [0.25, 0.3) is 0 Å². The van der Waals surface area contributed by atoms with E-state index in [1.54, 1.807) is 0 Å². The summed E-state index contributed by atoms with van der Waals surface area (Å²) in [6, 6.07) is 4.32. The van der Waals surface area contributed by atoms with Crippen LogP contribution in [0.5, 0.6) is 0 Å². The van der Waals surface area contributed by atoms with Crippen molar-refractivity contribution in [3.05, 3.63) is 34.4 Å². The van der Waals surface area contributed by atoms with E-state index >= 15 is 0 Å². The molecule has 0 spiro atoms. The van der Waals surface area contributed by atoms with E-state index in [9.17, 15) is 4.79 Å². The maximum Gasteiger partial charge on any atom is 0.229 e. The predicted octanol–water partition coefficient (Wildman–Crippen LogP) is 3.58. The SMILES string of the molecule is CCN(CC)C(=O)C(C)c1c(C)cc(C)cc1C. The Bertz CT molecular complexity index is 410. The zero-order chi connectivity index (χ0) is 13.9. The molecule has 0 aliphatic carbocycles. The molecule has 0 saturated heterocycles. The third kappa shape index (κ3) is 2.92. The van der Waals surface area contributed by atoms with Gasteiger partial charge >= 0.3 is 0 Å². The Morgan fingerprint density at radius 2 is 1.56 bits per heavy atom. The molecule has 1 aromatic rings. The number of hydrogen-bond donors (Lipinski definition) is 0. The predicted molar refractivity (Wildman–Crippen MR) is 77.0 cm³/mol. The van der Waals surface area contributed by atoms with Crippen molar-refractivity contribution in [3.8, 4) is 0 Å². The molecule has 1 unspecified atom stereocenters. The summed E-state index contributed by atoms with van der Waals surface area (Å²) in [5, 5.41) is 0. The monoisotopic (exact) mass is 247 g/mol. The lowest BCUT2D eigenvalue weighted by molar-refractivity contribution is -0.132. The molecule has 1 rings (SSSR count). The molecule has 18 heavy (non-hydrogen) atoms. The minimum Gasteiger partial charge on any atom is -0.343 e. The molecular weight excluding hydrogens is 222 g/mol. The zero-order valence-corrected chi connectivity index (χ0v) is 12.5. The summed E-state index contributed by atoms with van der Waals surface area (Å²) in [6.07, 6.45) is 0. The maximum atomic E-state index is 12.4. The number of rotatable bonds is 4. The molecule has 0 radical (unpaired) electrons. The molecule has 1 amide bonds. The molecule has 0 heterocycles. The van der Waals surface area contributed by atoms with Crippen LogP contribution in [0.4, 0.5) is 0 Å². The summed E-state index contributed by atoms with van der Waals surface area (Å²) in [5.41, 5.74) is 4.90. The lowest BCUT2D eigenvalue weighted by Gasteiger charge is -2.25. The Labute approximate surface area is 111 Å². The number of carbonyl (C=O) groups is 1. The fourth-order valence-electron chi connectivity index (χ4n) is 2.81. The van der Waals surface area contributed by atoms with Crippen molar-refractivity contribution in [2.45, 2.75) is 47.5 Å². The second-order valence-corrected chi connectivity index (χ2v) is 5.04. The molecule has 0 aromatic heterocycles. The quantitative estimate of drug-likeness (QED) is 0.796. The first kappa shape index (κ1) is 14.7. The van der Waals surface area contributed by atoms with Gasteiger partial charge in [0.05, 0.1) is 5.92 Å². The number of benzene rings is 1. The minimum atomic E-state index is -0.0505.